The monoisotopic (exact) mass is 453 g/mol. The zero-order valence-electron chi connectivity index (χ0n) is 19.5. The molecule has 1 heterocycles. The van der Waals surface area contributed by atoms with E-state index in [0.717, 1.165) is 35.5 Å². The van der Waals surface area contributed by atoms with Crippen molar-refractivity contribution in [1.82, 2.24) is 0 Å². The highest BCUT2D eigenvalue weighted by molar-refractivity contribution is 8.00. The van der Waals surface area contributed by atoms with Gasteiger partial charge in [0.25, 0.3) is 0 Å². The van der Waals surface area contributed by atoms with E-state index in [0.29, 0.717) is 12.2 Å². The second kappa shape index (κ2) is 12.0. The van der Waals surface area contributed by atoms with Gasteiger partial charge in [0.1, 0.15) is 5.37 Å². The Morgan fingerprint density at radius 1 is 1.06 bits per heavy atom. The minimum absolute atomic E-state index is 0.0592. The number of thioether (sulfide) groups is 1. The molecule has 6 heteroatoms. The molecule has 0 radical (unpaired) electrons. The number of benzene rings is 2. The molecule has 32 heavy (non-hydrogen) atoms. The van der Waals surface area contributed by atoms with E-state index >= 15 is 0 Å². The van der Waals surface area contributed by atoms with Gasteiger partial charge in [0.15, 0.2) is 0 Å². The van der Waals surface area contributed by atoms with E-state index in [9.17, 15) is 9.59 Å². The first-order chi connectivity index (χ1) is 15.5. The van der Waals surface area contributed by atoms with Gasteiger partial charge in [-0.25, -0.2) is 0 Å². The first-order valence-corrected chi connectivity index (χ1v) is 12.7. The van der Waals surface area contributed by atoms with Gasteiger partial charge in [-0.05, 0) is 48.4 Å². The van der Waals surface area contributed by atoms with E-state index in [1.807, 2.05) is 72.4 Å². The first kappa shape index (κ1) is 24.2. The highest BCUT2D eigenvalue weighted by atomic mass is 32.2. The maximum absolute atomic E-state index is 12.7. The van der Waals surface area contributed by atoms with E-state index in [1.54, 1.807) is 11.8 Å². The quantitative estimate of drug-likeness (QED) is 0.410. The lowest BCUT2D eigenvalue weighted by Crippen LogP contribution is -2.27. The molecule has 1 atom stereocenters. The van der Waals surface area contributed by atoms with Gasteiger partial charge in [-0.1, -0.05) is 51.2 Å². The molecule has 1 fully saturated rings. The average molecular weight is 454 g/mol. The molecule has 0 aromatic heterocycles. The highest BCUT2D eigenvalue weighted by Gasteiger charge is 2.34. The van der Waals surface area contributed by atoms with E-state index < -0.39 is 0 Å². The summed E-state index contributed by atoms with van der Waals surface area (Å²) in [5.74, 6) is 0.619. The van der Waals surface area contributed by atoms with Gasteiger partial charge in [-0.3, -0.25) is 14.5 Å². The van der Waals surface area contributed by atoms with Crippen LogP contribution >= 0.6 is 11.8 Å². The van der Waals surface area contributed by atoms with Crippen LogP contribution in [-0.2, 0) is 9.59 Å². The fourth-order valence-corrected chi connectivity index (χ4v) is 5.09. The normalized spacial score (nSPS) is 15.8. The molecule has 1 unspecified atom stereocenters. The van der Waals surface area contributed by atoms with Crippen molar-refractivity contribution in [3.63, 3.8) is 0 Å². The smallest absolute Gasteiger partial charge is 0.238 e. The van der Waals surface area contributed by atoms with Crippen LogP contribution in [0.1, 0.15) is 62.8 Å². The number of nitrogens with zero attached hydrogens (tertiary/aromatic N) is 2. The van der Waals surface area contributed by atoms with Crippen molar-refractivity contribution >= 4 is 40.6 Å². The van der Waals surface area contributed by atoms with Crippen LogP contribution in [0.4, 0.5) is 17.1 Å². The van der Waals surface area contributed by atoms with Crippen LogP contribution in [0.5, 0.6) is 0 Å². The second-order valence-electron chi connectivity index (χ2n) is 8.53. The predicted molar refractivity (Wildman–Crippen MR) is 137 cm³/mol. The second-order valence-corrected chi connectivity index (χ2v) is 9.60. The lowest BCUT2D eigenvalue weighted by molar-refractivity contribution is -0.117. The van der Waals surface area contributed by atoms with E-state index in [-0.39, 0.29) is 17.2 Å². The number of carbonyl (C=O) groups excluding carboxylic acids is 2. The summed E-state index contributed by atoms with van der Waals surface area (Å²) < 4.78 is 0. The molecule has 172 valence electrons. The van der Waals surface area contributed by atoms with Crippen LogP contribution in [0.25, 0.3) is 0 Å². The van der Waals surface area contributed by atoms with Gasteiger partial charge in [-0.2, -0.15) is 0 Å². The number of carbonyl (C=O) groups is 2. The average Bonchev–Trinajstić information content (AvgIpc) is 3.17. The molecule has 0 bridgehead atoms. The van der Waals surface area contributed by atoms with Crippen molar-refractivity contribution in [1.29, 1.82) is 0 Å². The molecule has 1 aliphatic rings. The van der Waals surface area contributed by atoms with Crippen LogP contribution in [0, 0.1) is 0 Å². The summed E-state index contributed by atoms with van der Waals surface area (Å²) in [5, 5.41) is 2.94. The van der Waals surface area contributed by atoms with E-state index in [4.69, 9.17) is 0 Å². The summed E-state index contributed by atoms with van der Waals surface area (Å²) in [6, 6.07) is 15.9. The third-order valence-corrected chi connectivity index (χ3v) is 6.94. The van der Waals surface area contributed by atoms with Crippen LogP contribution < -0.4 is 15.1 Å². The Labute approximate surface area is 196 Å². The zero-order valence-corrected chi connectivity index (χ0v) is 20.3. The molecule has 1 aliphatic heterocycles. The number of hydrogen-bond donors (Lipinski definition) is 1. The van der Waals surface area contributed by atoms with E-state index in [1.165, 1.54) is 25.7 Å². The van der Waals surface area contributed by atoms with E-state index in [2.05, 4.69) is 12.2 Å². The molecular weight excluding hydrogens is 418 g/mol. The molecule has 3 rings (SSSR count). The van der Waals surface area contributed by atoms with Crippen molar-refractivity contribution in [3.8, 4) is 0 Å². The number of rotatable bonds is 11. The van der Waals surface area contributed by atoms with Crippen LogP contribution in [0.2, 0.25) is 0 Å². The molecule has 0 spiro atoms. The zero-order chi connectivity index (χ0) is 22.9. The van der Waals surface area contributed by atoms with Crippen molar-refractivity contribution in [3.05, 3.63) is 54.1 Å². The summed E-state index contributed by atoms with van der Waals surface area (Å²) >= 11 is 1.62. The maximum atomic E-state index is 12.7. The summed E-state index contributed by atoms with van der Waals surface area (Å²) in [6.45, 7) is 2.21. The van der Waals surface area contributed by atoms with Crippen molar-refractivity contribution in [2.75, 3.05) is 35.0 Å². The largest absolute Gasteiger partial charge is 0.378 e. The van der Waals surface area contributed by atoms with Gasteiger partial charge in [-0.15, -0.1) is 11.8 Å². The summed E-state index contributed by atoms with van der Waals surface area (Å²) in [6.07, 6.45) is 7.56. The summed E-state index contributed by atoms with van der Waals surface area (Å²) in [5.41, 5.74) is 3.81. The third kappa shape index (κ3) is 6.52. The molecule has 2 aromatic carbocycles. The summed E-state index contributed by atoms with van der Waals surface area (Å²) in [7, 11) is 4.00. The fraction of sp³-hybridized carbons (Fsp3) is 0.462. The minimum Gasteiger partial charge on any atom is -0.378 e. The maximum Gasteiger partial charge on any atom is 0.238 e. The molecule has 0 saturated carbocycles. The molecule has 1 saturated heterocycles. The fourth-order valence-electron chi connectivity index (χ4n) is 3.92. The molecule has 2 aromatic rings. The number of unbranched alkanes of at least 4 members (excludes halogenated alkanes) is 5. The predicted octanol–water partition coefficient (Wildman–Crippen LogP) is 6.22. The third-order valence-electron chi connectivity index (χ3n) is 5.73. The SMILES string of the molecule is CCCCCCCCC(=O)Nc1cccc(C2SCC(=O)N2c2ccc(N(C)C)cc2)c1. The van der Waals surface area contributed by atoms with Gasteiger partial charge in [0.2, 0.25) is 11.8 Å². The van der Waals surface area contributed by atoms with Crippen molar-refractivity contribution < 1.29 is 9.59 Å². The first-order valence-electron chi connectivity index (χ1n) is 11.6. The van der Waals surface area contributed by atoms with Crippen LogP contribution in [0.3, 0.4) is 0 Å². The van der Waals surface area contributed by atoms with Gasteiger partial charge in [0, 0.05) is 37.6 Å². The van der Waals surface area contributed by atoms with Gasteiger partial charge < -0.3 is 10.2 Å². The van der Waals surface area contributed by atoms with Crippen LogP contribution in [-0.4, -0.2) is 31.7 Å². The standard InChI is InChI=1S/C26H35N3O2S/c1-4-5-6-7-8-9-13-24(30)27-21-12-10-11-20(18-21)26-29(25(31)19-32-26)23-16-14-22(15-17-23)28(2)3/h10-12,14-18,26H,4-9,13,19H2,1-3H3,(H,27,30). The number of nitrogens with one attached hydrogen (secondary N) is 1. The van der Waals surface area contributed by atoms with Crippen molar-refractivity contribution in [2.24, 2.45) is 0 Å². The highest BCUT2D eigenvalue weighted by Crippen LogP contribution is 2.42. The van der Waals surface area contributed by atoms with Gasteiger partial charge >= 0.3 is 0 Å². The molecule has 2 amide bonds. The summed E-state index contributed by atoms with van der Waals surface area (Å²) in [4.78, 5) is 29.0. The Hall–Kier alpha value is -2.47. The number of anilines is 3. The Balaban J connectivity index is 1.63. The lowest BCUT2D eigenvalue weighted by atomic mass is 10.1. The molecule has 0 aliphatic carbocycles. The topological polar surface area (TPSA) is 52.7 Å². The Morgan fingerprint density at radius 2 is 1.78 bits per heavy atom. The Bertz CT molecular complexity index is 898. The Morgan fingerprint density at radius 3 is 2.50 bits per heavy atom. The van der Waals surface area contributed by atoms with Crippen molar-refractivity contribution in [2.45, 2.75) is 57.2 Å². The van der Waals surface area contributed by atoms with Crippen LogP contribution in [0.15, 0.2) is 48.5 Å². The molecule has 1 N–H and O–H groups in total. The molecular formula is C26H35N3O2S. The Kier molecular flexibility index (Phi) is 9.03. The lowest BCUT2D eigenvalue weighted by Gasteiger charge is -2.25. The van der Waals surface area contributed by atoms with Gasteiger partial charge in [0.05, 0.1) is 5.75 Å². The minimum atomic E-state index is -0.0943. The number of amides is 2. The number of hydrogen-bond acceptors (Lipinski definition) is 4. The molecule has 5 nitrogen and oxygen atoms in total.